The first-order valence-corrected chi connectivity index (χ1v) is 8.53. The summed E-state index contributed by atoms with van der Waals surface area (Å²) in [6.45, 7) is 1.24. The largest absolute Gasteiger partial charge is 0.496 e. The Morgan fingerprint density at radius 3 is 2.84 bits per heavy atom. The number of cyclic esters (lactones) is 1. The molecule has 1 aliphatic heterocycles. The van der Waals surface area contributed by atoms with Gasteiger partial charge in [0.2, 0.25) is 0 Å². The highest BCUT2D eigenvalue weighted by Gasteiger charge is 2.24. The van der Waals surface area contributed by atoms with Crippen LogP contribution in [0.5, 0.6) is 5.75 Å². The minimum absolute atomic E-state index is 0.207. The van der Waals surface area contributed by atoms with Crippen molar-refractivity contribution in [3.8, 4) is 5.75 Å². The number of carbonyl (C=O) groups is 2. The summed E-state index contributed by atoms with van der Waals surface area (Å²) >= 11 is 3.43. The van der Waals surface area contributed by atoms with Crippen molar-refractivity contribution in [2.75, 3.05) is 25.2 Å². The van der Waals surface area contributed by atoms with Gasteiger partial charge in [0.05, 0.1) is 18.1 Å². The van der Waals surface area contributed by atoms with Crippen LogP contribution in [-0.2, 0) is 11.3 Å². The third kappa shape index (κ3) is 3.93. The van der Waals surface area contributed by atoms with Gasteiger partial charge in [-0.2, -0.15) is 0 Å². The van der Waals surface area contributed by atoms with Crippen LogP contribution in [-0.4, -0.2) is 32.3 Å². The summed E-state index contributed by atoms with van der Waals surface area (Å²) in [5.74, 6) is 0.529. The molecule has 0 bridgehead atoms. The zero-order valence-corrected chi connectivity index (χ0v) is 15.2. The molecule has 2 aromatic rings. The van der Waals surface area contributed by atoms with Crippen LogP contribution in [0.3, 0.4) is 0 Å². The minimum Gasteiger partial charge on any atom is -0.496 e. The number of halogens is 1. The van der Waals surface area contributed by atoms with Crippen LogP contribution >= 0.6 is 15.9 Å². The molecule has 0 aliphatic carbocycles. The number of hydrogen-bond donors (Lipinski definition) is 1. The maximum absolute atomic E-state index is 12.4. The van der Waals surface area contributed by atoms with E-state index in [1.807, 2.05) is 18.2 Å². The van der Waals surface area contributed by atoms with E-state index in [9.17, 15) is 9.59 Å². The summed E-state index contributed by atoms with van der Waals surface area (Å²) in [5, 5.41) is 2.87. The standard InChI is InChI=1S/C18H17BrN2O4/c1-24-16-6-5-12(9-15(16)19)11-20-17(22)13-3-2-4-14(10-13)21-7-8-25-18(21)23/h2-6,9-10H,7-8,11H2,1H3,(H,20,22). The number of nitrogens with one attached hydrogen (secondary N) is 1. The third-order valence-corrected chi connectivity index (χ3v) is 4.47. The molecule has 7 heteroatoms. The van der Waals surface area contributed by atoms with Gasteiger partial charge in [-0.15, -0.1) is 0 Å². The van der Waals surface area contributed by atoms with Gasteiger partial charge >= 0.3 is 6.09 Å². The van der Waals surface area contributed by atoms with Crippen molar-refractivity contribution in [1.82, 2.24) is 5.32 Å². The zero-order valence-electron chi connectivity index (χ0n) is 13.6. The first-order chi connectivity index (χ1) is 12.1. The highest BCUT2D eigenvalue weighted by molar-refractivity contribution is 9.10. The predicted octanol–water partition coefficient (Wildman–Crippen LogP) is 3.34. The molecule has 6 nitrogen and oxygen atoms in total. The average molecular weight is 405 g/mol. The van der Waals surface area contributed by atoms with Crippen molar-refractivity contribution in [3.63, 3.8) is 0 Å². The summed E-state index contributed by atoms with van der Waals surface area (Å²) in [5.41, 5.74) is 2.09. The number of amides is 2. The lowest BCUT2D eigenvalue weighted by Crippen LogP contribution is -2.25. The lowest BCUT2D eigenvalue weighted by molar-refractivity contribution is 0.0951. The van der Waals surface area contributed by atoms with Gasteiger partial charge in [0.15, 0.2) is 0 Å². The molecule has 2 amide bonds. The number of benzene rings is 2. The summed E-state index contributed by atoms with van der Waals surface area (Å²) in [6, 6.07) is 12.6. The molecule has 1 heterocycles. The van der Waals surface area contributed by atoms with Gasteiger partial charge in [0.25, 0.3) is 5.91 Å². The summed E-state index contributed by atoms with van der Waals surface area (Å²) < 4.78 is 10.9. The van der Waals surface area contributed by atoms with Crippen molar-refractivity contribution in [2.45, 2.75) is 6.54 Å². The van der Waals surface area contributed by atoms with Gasteiger partial charge in [0.1, 0.15) is 12.4 Å². The molecule has 1 aliphatic rings. The Labute approximate surface area is 153 Å². The molecular weight excluding hydrogens is 388 g/mol. The molecule has 0 atom stereocenters. The van der Waals surface area contributed by atoms with E-state index in [-0.39, 0.29) is 12.0 Å². The smallest absolute Gasteiger partial charge is 0.414 e. The lowest BCUT2D eigenvalue weighted by atomic mass is 10.1. The summed E-state index contributed by atoms with van der Waals surface area (Å²) in [7, 11) is 1.60. The van der Waals surface area contributed by atoms with Crippen LogP contribution in [0.15, 0.2) is 46.9 Å². The molecule has 0 radical (unpaired) electrons. The molecule has 3 rings (SSSR count). The normalized spacial score (nSPS) is 13.5. The van der Waals surface area contributed by atoms with Gasteiger partial charge in [0, 0.05) is 17.8 Å². The van der Waals surface area contributed by atoms with E-state index in [1.54, 1.807) is 31.4 Å². The molecule has 1 N–H and O–H groups in total. The Bertz CT molecular complexity index is 809. The highest BCUT2D eigenvalue weighted by atomic mass is 79.9. The Morgan fingerprint density at radius 2 is 2.16 bits per heavy atom. The molecule has 2 aromatic carbocycles. The Hall–Kier alpha value is -2.54. The van der Waals surface area contributed by atoms with E-state index in [2.05, 4.69) is 21.2 Å². The first kappa shape index (κ1) is 17.3. The third-order valence-electron chi connectivity index (χ3n) is 3.85. The molecule has 0 saturated carbocycles. The van der Waals surface area contributed by atoms with E-state index in [4.69, 9.17) is 9.47 Å². The Balaban J connectivity index is 1.67. The van der Waals surface area contributed by atoms with Gasteiger partial charge in [-0.05, 0) is 51.8 Å². The fourth-order valence-electron chi connectivity index (χ4n) is 2.55. The first-order valence-electron chi connectivity index (χ1n) is 7.73. The number of nitrogens with zero attached hydrogens (tertiary/aromatic N) is 1. The molecule has 1 saturated heterocycles. The molecule has 0 unspecified atom stereocenters. The highest BCUT2D eigenvalue weighted by Crippen LogP contribution is 2.25. The van der Waals surface area contributed by atoms with Crippen molar-refractivity contribution in [3.05, 3.63) is 58.1 Å². The molecule has 130 valence electrons. The van der Waals surface area contributed by atoms with E-state index < -0.39 is 0 Å². The summed E-state index contributed by atoms with van der Waals surface area (Å²) in [6.07, 6.45) is -0.388. The van der Waals surface area contributed by atoms with Crippen LogP contribution in [0, 0.1) is 0 Å². The number of methoxy groups -OCH3 is 1. The second-order valence-electron chi connectivity index (χ2n) is 5.47. The lowest BCUT2D eigenvalue weighted by Gasteiger charge is -2.14. The summed E-state index contributed by atoms with van der Waals surface area (Å²) in [4.78, 5) is 25.5. The van der Waals surface area contributed by atoms with Crippen LogP contribution in [0.4, 0.5) is 10.5 Å². The average Bonchev–Trinajstić information content (AvgIpc) is 3.06. The van der Waals surface area contributed by atoms with Crippen LogP contribution in [0.25, 0.3) is 0 Å². The Kier molecular flexibility index (Phi) is 5.23. The fourth-order valence-corrected chi connectivity index (χ4v) is 3.14. The van der Waals surface area contributed by atoms with Crippen molar-refractivity contribution in [1.29, 1.82) is 0 Å². The Morgan fingerprint density at radius 1 is 1.32 bits per heavy atom. The van der Waals surface area contributed by atoms with Crippen molar-refractivity contribution in [2.24, 2.45) is 0 Å². The number of hydrogen-bond acceptors (Lipinski definition) is 4. The number of rotatable bonds is 5. The quantitative estimate of drug-likeness (QED) is 0.829. The van der Waals surface area contributed by atoms with Gasteiger partial charge < -0.3 is 14.8 Å². The maximum atomic E-state index is 12.4. The number of anilines is 1. The molecule has 0 spiro atoms. The molecular formula is C18H17BrN2O4. The fraction of sp³-hybridized carbons (Fsp3) is 0.222. The van der Waals surface area contributed by atoms with Crippen LogP contribution < -0.4 is 15.0 Å². The molecule has 25 heavy (non-hydrogen) atoms. The SMILES string of the molecule is COc1ccc(CNC(=O)c2cccc(N3CCOC3=O)c2)cc1Br. The number of ether oxygens (including phenoxy) is 2. The van der Waals surface area contributed by atoms with Crippen molar-refractivity contribution >= 4 is 33.6 Å². The second-order valence-corrected chi connectivity index (χ2v) is 6.32. The van der Waals surface area contributed by atoms with E-state index in [0.29, 0.717) is 30.9 Å². The minimum atomic E-state index is -0.388. The van der Waals surface area contributed by atoms with E-state index in [1.165, 1.54) is 4.90 Å². The van der Waals surface area contributed by atoms with E-state index >= 15 is 0 Å². The molecule has 1 fully saturated rings. The number of carbonyl (C=O) groups excluding carboxylic acids is 2. The predicted molar refractivity (Wildman–Crippen MR) is 97.0 cm³/mol. The van der Waals surface area contributed by atoms with Crippen molar-refractivity contribution < 1.29 is 19.1 Å². The zero-order chi connectivity index (χ0) is 17.8. The van der Waals surface area contributed by atoms with Gasteiger partial charge in [-0.3, -0.25) is 9.69 Å². The molecule has 0 aromatic heterocycles. The van der Waals surface area contributed by atoms with Gasteiger partial charge in [-0.1, -0.05) is 12.1 Å². The topological polar surface area (TPSA) is 67.9 Å². The van der Waals surface area contributed by atoms with Gasteiger partial charge in [-0.25, -0.2) is 4.79 Å². The van der Waals surface area contributed by atoms with E-state index in [0.717, 1.165) is 15.8 Å². The van der Waals surface area contributed by atoms with Crippen LogP contribution in [0.1, 0.15) is 15.9 Å². The second kappa shape index (κ2) is 7.57. The monoisotopic (exact) mass is 404 g/mol. The maximum Gasteiger partial charge on any atom is 0.414 e. The van der Waals surface area contributed by atoms with Crippen LogP contribution in [0.2, 0.25) is 0 Å².